The molecular formula is C18H16N2O4. The van der Waals surface area contributed by atoms with Gasteiger partial charge in [0.25, 0.3) is 0 Å². The molecule has 6 heteroatoms. The first kappa shape index (κ1) is 15.7. The molecule has 122 valence electrons. The van der Waals surface area contributed by atoms with E-state index in [0.29, 0.717) is 22.7 Å². The Labute approximate surface area is 139 Å². The van der Waals surface area contributed by atoms with Crippen LogP contribution < -0.4 is 15.0 Å². The van der Waals surface area contributed by atoms with E-state index in [9.17, 15) is 14.4 Å². The lowest BCUT2D eigenvalue weighted by atomic mass is 10.1. The summed E-state index contributed by atoms with van der Waals surface area (Å²) >= 11 is 0. The highest BCUT2D eigenvalue weighted by atomic mass is 16.5. The van der Waals surface area contributed by atoms with Crippen molar-refractivity contribution in [3.63, 3.8) is 0 Å². The molecule has 0 spiro atoms. The van der Waals surface area contributed by atoms with Gasteiger partial charge in [-0.25, -0.2) is 0 Å². The quantitative estimate of drug-likeness (QED) is 0.693. The Morgan fingerprint density at radius 2 is 1.83 bits per heavy atom. The average molecular weight is 324 g/mol. The molecule has 1 aliphatic rings. The van der Waals surface area contributed by atoms with Gasteiger partial charge in [-0.3, -0.25) is 14.4 Å². The van der Waals surface area contributed by atoms with Crippen molar-refractivity contribution >= 4 is 29.2 Å². The van der Waals surface area contributed by atoms with Crippen molar-refractivity contribution in [2.45, 2.75) is 13.3 Å². The van der Waals surface area contributed by atoms with Crippen LogP contribution in [0.25, 0.3) is 0 Å². The summed E-state index contributed by atoms with van der Waals surface area (Å²) in [5, 5.41) is 2.74. The molecule has 1 aliphatic heterocycles. The summed E-state index contributed by atoms with van der Waals surface area (Å²) in [6.45, 7) is 1.27. The third-order valence-electron chi connectivity index (χ3n) is 3.64. The summed E-state index contributed by atoms with van der Waals surface area (Å²) in [4.78, 5) is 37.2. The fourth-order valence-corrected chi connectivity index (χ4v) is 2.62. The van der Waals surface area contributed by atoms with Gasteiger partial charge in [-0.05, 0) is 18.2 Å². The molecule has 0 aliphatic carbocycles. The Bertz CT molecular complexity index is 816. The molecule has 2 aromatic rings. The van der Waals surface area contributed by atoms with Gasteiger partial charge < -0.3 is 15.0 Å². The van der Waals surface area contributed by atoms with Crippen LogP contribution >= 0.6 is 0 Å². The van der Waals surface area contributed by atoms with Crippen molar-refractivity contribution in [3.05, 3.63) is 54.1 Å². The topological polar surface area (TPSA) is 75.7 Å². The van der Waals surface area contributed by atoms with Gasteiger partial charge in [0, 0.05) is 12.5 Å². The lowest BCUT2D eigenvalue weighted by Crippen LogP contribution is -2.42. The molecule has 0 fully saturated rings. The van der Waals surface area contributed by atoms with Gasteiger partial charge in [-0.15, -0.1) is 0 Å². The lowest BCUT2D eigenvalue weighted by molar-refractivity contribution is -0.132. The Morgan fingerprint density at radius 3 is 2.62 bits per heavy atom. The standard InChI is InChI=1S/C18H16N2O4/c1-12(21)24-16-9-5-2-6-13(16)10-18(23)20-11-17(22)19-14-7-3-4-8-15(14)20/h2-9H,10-11H2,1H3,(H,19,22). The van der Waals surface area contributed by atoms with Gasteiger partial charge in [-0.1, -0.05) is 30.3 Å². The monoisotopic (exact) mass is 324 g/mol. The van der Waals surface area contributed by atoms with Crippen molar-refractivity contribution in [1.82, 2.24) is 0 Å². The molecule has 3 rings (SSSR count). The molecule has 1 heterocycles. The van der Waals surface area contributed by atoms with E-state index in [2.05, 4.69) is 5.32 Å². The first-order valence-corrected chi connectivity index (χ1v) is 7.50. The number of carbonyl (C=O) groups excluding carboxylic acids is 3. The number of para-hydroxylation sites is 3. The molecule has 6 nitrogen and oxygen atoms in total. The fourth-order valence-electron chi connectivity index (χ4n) is 2.62. The van der Waals surface area contributed by atoms with Crippen LogP contribution in [0.5, 0.6) is 5.75 Å². The van der Waals surface area contributed by atoms with Crippen LogP contribution in [0.2, 0.25) is 0 Å². The zero-order valence-electron chi connectivity index (χ0n) is 13.1. The van der Waals surface area contributed by atoms with E-state index in [1.165, 1.54) is 11.8 Å². The minimum absolute atomic E-state index is 0.0328. The second-order valence-electron chi connectivity index (χ2n) is 5.42. The zero-order chi connectivity index (χ0) is 17.1. The molecule has 0 aromatic heterocycles. The number of nitrogens with one attached hydrogen (secondary N) is 1. The van der Waals surface area contributed by atoms with Crippen molar-refractivity contribution < 1.29 is 19.1 Å². The number of fused-ring (bicyclic) bond motifs is 1. The van der Waals surface area contributed by atoms with Gasteiger partial charge >= 0.3 is 5.97 Å². The summed E-state index contributed by atoms with van der Waals surface area (Å²) in [7, 11) is 0. The van der Waals surface area contributed by atoms with E-state index in [-0.39, 0.29) is 24.8 Å². The van der Waals surface area contributed by atoms with E-state index in [1.807, 2.05) is 6.07 Å². The third kappa shape index (κ3) is 3.27. The Hall–Kier alpha value is -3.15. The van der Waals surface area contributed by atoms with Crippen molar-refractivity contribution in [3.8, 4) is 5.75 Å². The van der Waals surface area contributed by atoms with E-state index < -0.39 is 5.97 Å². The highest BCUT2D eigenvalue weighted by Gasteiger charge is 2.27. The van der Waals surface area contributed by atoms with Crippen molar-refractivity contribution in [1.29, 1.82) is 0 Å². The summed E-state index contributed by atoms with van der Waals surface area (Å²) in [5.41, 5.74) is 1.86. The second-order valence-corrected chi connectivity index (χ2v) is 5.42. The molecule has 1 N–H and O–H groups in total. The largest absolute Gasteiger partial charge is 0.426 e. The molecule has 0 saturated heterocycles. The van der Waals surface area contributed by atoms with Crippen LogP contribution in [0, 0.1) is 0 Å². The summed E-state index contributed by atoms with van der Waals surface area (Å²) in [5.74, 6) is -0.571. The Morgan fingerprint density at radius 1 is 1.12 bits per heavy atom. The Kier molecular flexibility index (Phi) is 4.29. The smallest absolute Gasteiger partial charge is 0.308 e. The predicted molar refractivity (Wildman–Crippen MR) is 88.9 cm³/mol. The molecule has 0 bridgehead atoms. The number of hydrogen-bond donors (Lipinski definition) is 1. The highest BCUT2D eigenvalue weighted by Crippen LogP contribution is 2.30. The molecular weight excluding hydrogens is 308 g/mol. The number of rotatable bonds is 3. The highest BCUT2D eigenvalue weighted by molar-refractivity contribution is 6.10. The number of hydrogen-bond acceptors (Lipinski definition) is 4. The first-order valence-electron chi connectivity index (χ1n) is 7.50. The molecule has 0 unspecified atom stereocenters. The minimum Gasteiger partial charge on any atom is -0.426 e. The number of amides is 2. The molecule has 0 radical (unpaired) electrons. The summed E-state index contributed by atoms with van der Waals surface area (Å²) in [6, 6.07) is 14.0. The summed E-state index contributed by atoms with van der Waals surface area (Å²) in [6.07, 6.45) is 0.0328. The van der Waals surface area contributed by atoms with Crippen molar-refractivity contribution in [2.75, 3.05) is 16.8 Å². The normalized spacial score (nSPS) is 13.0. The number of esters is 1. The number of carbonyl (C=O) groups is 3. The third-order valence-corrected chi connectivity index (χ3v) is 3.64. The van der Waals surface area contributed by atoms with Gasteiger partial charge in [0.15, 0.2) is 0 Å². The summed E-state index contributed by atoms with van der Waals surface area (Å²) < 4.78 is 5.14. The second kappa shape index (κ2) is 6.54. The number of anilines is 2. The maximum atomic E-state index is 12.7. The van der Waals surface area contributed by atoms with E-state index in [4.69, 9.17) is 4.74 Å². The minimum atomic E-state index is -0.447. The van der Waals surface area contributed by atoms with Crippen LogP contribution in [-0.2, 0) is 20.8 Å². The predicted octanol–water partition coefficient (Wildman–Crippen LogP) is 2.14. The van der Waals surface area contributed by atoms with Crippen LogP contribution in [-0.4, -0.2) is 24.3 Å². The number of ether oxygens (including phenoxy) is 1. The molecule has 24 heavy (non-hydrogen) atoms. The SMILES string of the molecule is CC(=O)Oc1ccccc1CC(=O)N1CC(=O)Nc2ccccc21. The van der Waals surface area contributed by atoms with Crippen molar-refractivity contribution in [2.24, 2.45) is 0 Å². The van der Waals surface area contributed by atoms with Crippen LogP contribution in [0.1, 0.15) is 12.5 Å². The maximum absolute atomic E-state index is 12.7. The average Bonchev–Trinajstić information content (AvgIpc) is 2.55. The van der Waals surface area contributed by atoms with Crippen LogP contribution in [0.4, 0.5) is 11.4 Å². The van der Waals surface area contributed by atoms with Gasteiger partial charge in [-0.2, -0.15) is 0 Å². The number of benzene rings is 2. The van der Waals surface area contributed by atoms with Gasteiger partial charge in [0.2, 0.25) is 11.8 Å². The first-order chi connectivity index (χ1) is 11.5. The van der Waals surface area contributed by atoms with E-state index in [1.54, 1.807) is 42.5 Å². The van der Waals surface area contributed by atoms with Gasteiger partial charge in [0.1, 0.15) is 12.3 Å². The molecule has 0 atom stereocenters. The van der Waals surface area contributed by atoms with E-state index in [0.717, 1.165) is 0 Å². The molecule has 0 saturated carbocycles. The lowest BCUT2D eigenvalue weighted by Gasteiger charge is -2.29. The van der Waals surface area contributed by atoms with Crippen LogP contribution in [0.15, 0.2) is 48.5 Å². The fraction of sp³-hybridized carbons (Fsp3) is 0.167. The van der Waals surface area contributed by atoms with E-state index >= 15 is 0 Å². The van der Waals surface area contributed by atoms with Gasteiger partial charge in [0.05, 0.1) is 17.8 Å². The number of nitrogens with zero attached hydrogens (tertiary/aromatic N) is 1. The maximum Gasteiger partial charge on any atom is 0.308 e. The molecule has 2 amide bonds. The molecule has 2 aromatic carbocycles. The zero-order valence-corrected chi connectivity index (χ0v) is 13.1. The van der Waals surface area contributed by atoms with Crippen LogP contribution in [0.3, 0.4) is 0 Å². The Balaban J connectivity index is 1.86.